The molecule has 3 amide bonds. The van der Waals surface area contributed by atoms with Crippen molar-refractivity contribution in [2.45, 2.75) is 13.3 Å². The summed E-state index contributed by atoms with van der Waals surface area (Å²) in [5.41, 5.74) is 0.689. The maximum Gasteiger partial charge on any atom is 0.324 e. The van der Waals surface area contributed by atoms with Gasteiger partial charge < -0.3 is 14.7 Å². The Kier molecular flexibility index (Phi) is 3.27. The number of amides is 3. The molecule has 2 N–H and O–H groups in total. The van der Waals surface area contributed by atoms with Gasteiger partial charge in [0.1, 0.15) is 6.54 Å². The lowest BCUT2D eigenvalue weighted by atomic mass is 10.4. The molecule has 1 aliphatic heterocycles. The van der Waals surface area contributed by atoms with Crippen molar-refractivity contribution in [3.05, 3.63) is 11.8 Å². The van der Waals surface area contributed by atoms with Crippen LogP contribution in [0.5, 0.6) is 0 Å². The van der Waals surface area contributed by atoms with Crippen LogP contribution in [0.3, 0.4) is 0 Å². The van der Waals surface area contributed by atoms with Gasteiger partial charge in [0.25, 0.3) is 0 Å². The first-order chi connectivity index (χ1) is 8.15. The van der Waals surface area contributed by atoms with E-state index in [1.54, 1.807) is 13.0 Å². The Bertz CT molecular complexity index is 429. The first kappa shape index (κ1) is 11.4. The topological polar surface area (TPSA) is 87.5 Å². The SMILES string of the molecule is Cc1cc(NC(=O)N2CCCNC(=O)C2)on1. The Morgan fingerprint density at radius 2 is 2.47 bits per heavy atom. The van der Waals surface area contributed by atoms with Crippen molar-refractivity contribution in [3.8, 4) is 0 Å². The third-order valence-corrected chi connectivity index (χ3v) is 2.41. The molecule has 0 unspecified atom stereocenters. The van der Waals surface area contributed by atoms with Gasteiger partial charge in [0.2, 0.25) is 11.8 Å². The highest BCUT2D eigenvalue weighted by molar-refractivity contribution is 5.91. The molecule has 2 heterocycles. The standard InChI is InChI=1S/C10H14N4O3/c1-7-5-9(17-13-7)12-10(16)14-4-2-3-11-8(15)6-14/h5H,2-4,6H2,1H3,(H,11,15)(H,12,16). The van der Waals surface area contributed by atoms with Crippen molar-refractivity contribution in [1.29, 1.82) is 0 Å². The lowest BCUT2D eigenvalue weighted by molar-refractivity contribution is -0.120. The molecule has 7 nitrogen and oxygen atoms in total. The van der Waals surface area contributed by atoms with E-state index in [1.807, 2.05) is 0 Å². The molecule has 7 heteroatoms. The van der Waals surface area contributed by atoms with Crippen molar-refractivity contribution in [1.82, 2.24) is 15.4 Å². The number of aromatic nitrogens is 1. The molecule has 0 saturated carbocycles. The molecule has 1 aromatic heterocycles. The van der Waals surface area contributed by atoms with Crippen LogP contribution in [0.2, 0.25) is 0 Å². The molecular formula is C10H14N4O3. The Hall–Kier alpha value is -2.05. The number of anilines is 1. The van der Waals surface area contributed by atoms with E-state index >= 15 is 0 Å². The minimum absolute atomic E-state index is 0.0684. The summed E-state index contributed by atoms with van der Waals surface area (Å²) < 4.78 is 4.87. The van der Waals surface area contributed by atoms with Gasteiger partial charge in [-0.25, -0.2) is 4.79 Å². The zero-order valence-corrected chi connectivity index (χ0v) is 9.52. The highest BCUT2D eigenvalue weighted by Crippen LogP contribution is 2.09. The number of hydrogen-bond donors (Lipinski definition) is 2. The van der Waals surface area contributed by atoms with Crippen LogP contribution < -0.4 is 10.6 Å². The Morgan fingerprint density at radius 3 is 3.18 bits per heavy atom. The largest absolute Gasteiger partial charge is 0.354 e. The molecule has 17 heavy (non-hydrogen) atoms. The van der Waals surface area contributed by atoms with E-state index in [0.29, 0.717) is 18.8 Å². The van der Waals surface area contributed by atoms with Crippen molar-refractivity contribution in [2.24, 2.45) is 0 Å². The Balaban J connectivity index is 1.96. The summed E-state index contributed by atoms with van der Waals surface area (Å²) >= 11 is 0. The van der Waals surface area contributed by atoms with Gasteiger partial charge in [-0.3, -0.25) is 10.1 Å². The molecule has 92 valence electrons. The molecule has 0 aromatic carbocycles. The van der Waals surface area contributed by atoms with Crippen LogP contribution in [-0.2, 0) is 4.79 Å². The predicted octanol–water partition coefficient (Wildman–Crippen LogP) is 0.337. The van der Waals surface area contributed by atoms with E-state index in [4.69, 9.17) is 4.52 Å². The molecule has 0 radical (unpaired) electrons. The van der Waals surface area contributed by atoms with Gasteiger partial charge in [0, 0.05) is 19.2 Å². The molecule has 1 aliphatic rings. The molecule has 0 bridgehead atoms. The summed E-state index contributed by atoms with van der Waals surface area (Å²) in [5.74, 6) is 0.142. The lowest BCUT2D eigenvalue weighted by Crippen LogP contribution is -2.39. The number of urea groups is 1. The monoisotopic (exact) mass is 238 g/mol. The number of aryl methyl sites for hydroxylation is 1. The first-order valence-corrected chi connectivity index (χ1v) is 5.41. The number of rotatable bonds is 1. The molecule has 0 spiro atoms. The molecule has 1 fully saturated rings. The number of nitrogens with one attached hydrogen (secondary N) is 2. The quantitative estimate of drug-likeness (QED) is 0.738. The number of carbonyl (C=O) groups is 2. The average Bonchev–Trinajstić information content (AvgIpc) is 2.56. The fourth-order valence-electron chi connectivity index (χ4n) is 1.59. The highest BCUT2D eigenvalue weighted by Gasteiger charge is 2.20. The van der Waals surface area contributed by atoms with Gasteiger partial charge in [0.05, 0.1) is 5.69 Å². The number of hydrogen-bond acceptors (Lipinski definition) is 4. The van der Waals surface area contributed by atoms with Gasteiger partial charge in [-0.1, -0.05) is 5.16 Å². The van der Waals surface area contributed by atoms with Crippen LogP contribution in [0.1, 0.15) is 12.1 Å². The molecule has 0 atom stereocenters. The van der Waals surface area contributed by atoms with Crippen LogP contribution in [-0.4, -0.2) is 41.6 Å². The fraction of sp³-hybridized carbons (Fsp3) is 0.500. The maximum absolute atomic E-state index is 11.8. The van der Waals surface area contributed by atoms with Crippen molar-refractivity contribution >= 4 is 17.8 Å². The highest BCUT2D eigenvalue weighted by atomic mass is 16.5. The second kappa shape index (κ2) is 4.86. The second-order valence-corrected chi connectivity index (χ2v) is 3.89. The molecule has 2 rings (SSSR count). The zero-order valence-electron chi connectivity index (χ0n) is 9.52. The maximum atomic E-state index is 11.8. The van der Waals surface area contributed by atoms with Crippen LogP contribution >= 0.6 is 0 Å². The number of carbonyl (C=O) groups excluding carboxylic acids is 2. The first-order valence-electron chi connectivity index (χ1n) is 5.41. The summed E-state index contributed by atoms with van der Waals surface area (Å²) in [6.45, 7) is 2.97. The average molecular weight is 238 g/mol. The third-order valence-electron chi connectivity index (χ3n) is 2.41. The van der Waals surface area contributed by atoms with Gasteiger partial charge in [-0.15, -0.1) is 0 Å². The molecular weight excluding hydrogens is 224 g/mol. The molecule has 0 aliphatic carbocycles. The molecule has 1 aromatic rings. The van der Waals surface area contributed by atoms with Crippen molar-refractivity contribution in [2.75, 3.05) is 25.0 Å². The molecule has 1 saturated heterocycles. The predicted molar refractivity (Wildman–Crippen MR) is 59.5 cm³/mol. The lowest BCUT2D eigenvalue weighted by Gasteiger charge is -2.18. The number of nitrogens with zero attached hydrogens (tertiary/aromatic N) is 2. The van der Waals surface area contributed by atoms with Crippen LogP contribution in [0, 0.1) is 6.92 Å². The van der Waals surface area contributed by atoms with Crippen molar-refractivity contribution in [3.63, 3.8) is 0 Å². The summed E-state index contributed by atoms with van der Waals surface area (Å²) in [6.07, 6.45) is 0.745. The summed E-state index contributed by atoms with van der Waals surface area (Å²) in [7, 11) is 0. The summed E-state index contributed by atoms with van der Waals surface area (Å²) in [6, 6.07) is 1.27. The summed E-state index contributed by atoms with van der Waals surface area (Å²) in [5, 5.41) is 8.92. The van der Waals surface area contributed by atoms with E-state index in [9.17, 15) is 9.59 Å². The second-order valence-electron chi connectivity index (χ2n) is 3.89. The van der Waals surface area contributed by atoms with Crippen molar-refractivity contribution < 1.29 is 14.1 Å². The van der Waals surface area contributed by atoms with Crippen LogP contribution in [0.15, 0.2) is 10.6 Å². The van der Waals surface area contributed by atoms with Gasteiger partial charge in [-0.05, 0) is 13.3 Å². The van der Waals surface area contributed by atoms with Crippen LogP contribution in [0.25, 0.3) is 0 Å². The van der Waals surface area contributed by atoms with E-state index in [0.717, 1.165) is 6.42 Å². The van der Waals surface area contributed by atoms with Gasteiger partial charge >= 0.3 is 6.03 Å². The van der Waals surface area contributed by atoms with Gasteiger partial charge in [-0.2, -0.15) is 0 Å². The fourth-order valence-corrected chi connectivity index (χ4v) is 1.59. The third kappa shape index (κ3) is 2.96. The zero-order chi connectivity index (χ0) is 12.3. The van der Waals surface area contributed by atoms with E-state index in [1.165, 1.54) is 4.90 Å². The smallest absolute Gasteiger partial charge is 0.324 e. The summed E-state index contributed by atoms with van der Waals surface area (Å²) in [4.78, 5) is 24.6. The minimum atomic E-state index is -0.349. The van der Waals surface area contributed by atoms with Gasteiger partial charge in [0.15, 0.2) is 0 Å². The van der Waals surface area contributed by atoms with Crippen LogP contribution in [0.4, 0.5) is 10.7 Å². The Morgan fingerprint density at radius 1 is 1.65 bits per heavy atom. The van der Waals surface area contributed by atoms with E-state index < -0.39 is 0 Å². The normalized spacial score (nSPS) is 16.3. The van der Waals surface area contributed by atoms with E-state index in [-0.39, 0.29) is 24.4 Å². The Labute approximate surface area is 98.1 Å². The van der Waals surface area contributed by atoms with E-state index in [2.05, 4.69) is 15.8 Å². The minimum Gasteiger partial charge on any atom is -0.354 e.